The molecule has 0 saturated carbocycles. The first-order chi connectivity index (χ1) is 13.7. The number of hydrogen-bond acceptors (Lipinski definition) is 3. The van der Waals surface area contributed by atoms with Crippen LogP contribution in [0.15, 0.2) is 65.7 Å². The smallest absolute Gasteiger partial charge is 0.406 e. The maximum absolute atomic E-state index is 12.5. The van der Waals surface area contributed by atoms with Crippen molar-refractivity contribution in [1.82, 2.24) is 14.3 Å². The van der Waals surface area contributed by atoms with Crippen LogP contribution in [-0.4, -0.2) is 20.7 Å². The van der Waals surface area contributed by atoms with E-state index in [1.54, 1.807) is 10.9 Å². The second kappa shape index (κ2) is 6.80. The van der Waals surface area contributed by atoms with Crippen molar-refractivity contribution in [1.29, 1.82) is 0 Å². The molecule has 2 heterocycles. The molecule has 8 heteroatoms. The Balaban J connectivity index is 1.76. The predicted octanol–water partition coefficient (Wildman–Crippen LogP) is 4.60. The quantitative estimate of drug-likeness (QED) is 0.506. The highest BCUT2D eigenvalue weighted by Gasteiger charge is 2.31. The molecule has 0 radical (unpaired) electrons. The average Bonchev–Trinajstić information content (AvgIpc) is 3.00. The highest BCUT2D eigenvalue weighted by molar-refractivity contribution is 5.84. The van der Waals surface area contributed by atoms with Crippen molar-refractivity contribution in [3.8, 4) is 22.6 Å². The van der Waals surface area contributed by atoms with E-state index in [4.69, 9.17) is 0 Å². The second-order valence-corrected chi connectivity index (χ2v) is 6.70. The van der Waals surface area contributed by atoms with Gasteiger partial charge in [0.05, 0.1) is 5.52 Å². The van der Waals surface area contributed by atoms with E-state index in [0.29, 0.717) is 5.69 Å². The fraction of sp³-hybridized carbons (Fsp3) is 0.143. The zero-order valence-corrected chi connectivity index (χ0v) is 15.6. The molecular weight excluding hydrogens is 383 g/mol. The molecule has 0 aliphatic rings. The van der Waals surface area contributed by atoms with Gasteiger partial charge in [-0.05, 0) is 48.4 Å². The topological polar surface area (TPSA) is 49.0 Å². The van der Waals surface area contributed by atoms with Crippen LogP contribution in [-0.2, 0) is 7.05 Å². The summed E-state index contributed by atoms with van der Waals surface area (Å²) in [5.74, 6) is -0.345. The number of rotatable bonds is 3. The molecule has 0 saturated heterocycles. The van der Waals surface area contributed by atoms with Crippen molar-refractivity contribution >= 4 is 10.9 Å². The standard InChI is InChI=1S/C21H16F3N3O2/c1-13-9-20(28)27(16-5-7-17(8-6-16)29-21(22,23)24)12-18(13)14-3-4-15-11-26(2)25-19(15)10-14/h3-12H,1-2H3. The maximum Gasteiger partial charge on any atom is 0.573 e. The maximum atomic E-state index is 12.5. The Morgan fingerprint density at radius 3 is 2.41 bits per heavy atom. The molecule has 148 valence electrons. The predicted molar refractivity (Wildman–Crippen MR) is 103 cm³/mol. The average molecular weight is 399 g/mol. The fourth-order valence-corrected chi connectivity index (χ4v) is 3.25. The van der Waals surface area contributed by atoms with Gasteiger partial charge in [-0.2, -0.15) is 5.10 Å². The van der Waals surface area contributed by atoms with Gasteiger partial charge in [0.1, 0.15) is 5.75 Å². The van der Waals surface area contributed by atoms with Crippen molar-refractivity contribution in [3.05, 3.63) is 76.8 Å². The van der Waals surface area contributed by atoms with Crippen LogP contribution in [0.4, 0.5) is 13.2 Å². The number of fused-ring (bicyclic) bond motifs is 1. The Kier molecular flexibility index (Phi) is 4.41. The van der Waals surface area contributed by atoms with Crippen LogP contribution in [0.1, 0.15) is 5.56 Å². The summed E-state index contributed by atoms with van der Waals surface area (Å²) in [5.41, 5.74) is 3.49. The van der Waals surface area contributed by atoms with Crippen molar-refractivity contribution in [2.75, 3.05) is 0 Å². The van der Waals surface area contributed by atoms with E-state index in [1.165, 1.54) is 34.9 Å². The van der Waals surface area contributed by atoms with Crippen LogP contribution in [0.5, 0.6) is 5.75 Å². The minimum absolute atomic E-state index is 0.283. The van der Waals surface area contributed by atoms with Gasteiger partial charge in [-0.1, -0.05) is 12.1 Å². The molecular formula is C21H16F3N3O2. The Bertz CT molecular complexity index is 1260. The molecule has 0 spiro atoms. The van der Waals surface area contributed by atoms with Gasteiger partial charge in [0.2, 0.25) is 0 Å². The molecule has 2 aromatic heterocycles. The molecule has 0 N–H and O–H groups in total. The van der Waals surface area contributed by atoms with Crippen LogP contribution in [0.2, 0.25) is 0 Å². The molecule has 0 aliphatic heterocycles. The van der Waals surface area contributed by atoms with Gasteiger partial charge < -0.3 is 4.74 Å². The minimum Gasteiger partial charge on any atom is -0.406 e. The Morgan fingerprint density at radius 1 is 1.00 bits per heavy atom. The number of hydrogen-bond donors (Lipinski definition) is 0. The molecule has 4 aromatic rings. The lowest BCUT2D eigenvalue weighted by Crippen LogP contribution is -2.19. The van der Waals surface area contributed by atoms with E-state index in [9.17, 15) is 18.0 Å². The minimum atomic E-state index is -4.76. The van der Waals surface area contributed by atoms with Crippen LogP contribution in [0.3, 0.4) is 0 Å². The van der Waals surface area contributed by atoms with Gasteiger partial charge in [0.15, 0.2) is 0 Å². The lowest BCUT2D eigenvalue weighted by molar-refractivity contribution is -0.274. The first-order valence-corrected chi connectivity index (χ1v) is 8.73. The molecule has 0 fully saturated rings. The summed E-state index contributed by atoms with van der Waals surface area (Å²) >= 11 is 0. The number of benzene rings is 2. The summed E-state index contributed by atoms with van der Waals surface area (Å²) < 4.78 is 44.0. The Morgan fingerprint density at radius 2 is 1.72 bits per heavy atom. The molecule has 4 rings (SSSR count). The lowest BCUT2D eigenvalue weighted by Gasteiger charge is -2.13. The normalized spacial score (nSPS) is 11.8. The van der Waals surface area contributed by atoms with Crippen molar-refractivity contribution in [3.63, 3.8) is 0 Å². The molecule has 0 aliphatic carbocycles. The third-order valence-corrected chi connectivity index (χ3v) is 4.54. The highest BCUT2D eigenvalue weighted by atomic mass is 19.4. The van der Waals surface area contributed by atoms with Gasteiger partial charge in [-0.15, -0.1) is 13.2 Å². The summed E-state index contributed by atoms with van der Waals surface area (Å²) in [4.78, 5) is 12.5. The van der Waals surface area contributed by atoms with Crippen LogP contribution in [0.25, 0.3) is 27.7 Å². The molecule has 0 unspecified atom stereocenters. The largest absolute Gasteiger partial charge is 0.573 e. The zero-order chi connectivity index (χ0) is 20.8. The van der Waals surface area contributed by atoms with E-state index < -0.39 is 6.36 Å². The van der Waals surface area contributed by atoms with E-state index >= 15 is 0 Å². The SMILES string of the molecule is Cc1cc(=O)n(-c2ccc(OC(F)(F)F)cc2)cc1-c1ccc2cn(C)nc2c1. The van der Waals surface area contributed by atoms with Gasteiger partial charge in [-0.3, -0.25) is 14.0 Å². The van der Waals surface area contributed by atoms with Gasteiger partial charge in [0.25, 0.3) is 5.56 Å². The Hall–Kier alpha value is -3.55. The van der Waals surface area contributed by atoms with Crippen LogP contribution < -0.4 is 10.3 Å². The molecule has 0 bridgehead atoms. The Labute approximate surface area is 163 Å². The first kappa shape index (κ1) is 18.8. The first-order valence-electron chi connectivity index (χ1n) is 8.73. The lowest BCUT2D eigenvalue weighted by atomic mass is 10.0. The van der Waals surface area contributed by atoms with Crippen molar-refractivity contribution in [2.45, 2.75) is 13.3 Å². The highest BCUT2D eigenvalue weighted by Crippen LogP contribution is 2.27. The summed E-state index contributed by atoms with van der Waals surface area (Å²) in [5, 5.41) is 5.41. The number of ether oxygens (including phenoxy) is 1. The second-order valence-electron chi connectivity index (χ2n) is 6.70. The third kappa shape index (κ3) is 3.87. The number of nitrogens with zero attached hydrogens (tertiary/aromatic N) is 3. The number of halogens is 3. The number of aryl methyl sites for hydroxylation is 2. The summed E-state index contributed by atoms with van der Waals surface area (Å²) in [6.45, 7) is 1.84. The molecule has 5 nitrogen and oxygen atoms in total. The van der Waals surface area contributed by atoms with Crippen LogP contribution in [0, 0.1) is 6.92 Å². The number of alkyl halides is 3. The summed E-state index contributed by atoms with van der Waals surface area (Å²) in [7, 11) is 1.84. The van der Waals surface area contributed by atoms with Crippen molar-refractivity contribution in [2.24, 2.45) is 7.05 Å². The van der Waals surface area contributed by atoms with Gasteiger partial charge >= 0.3 is 6.36 Å². The molecule has 0 amide bonds. The fourth-order valence-electron chi connectivity index (χ4n) is 3.25. The number of pyridine rings is 1. The summed E-state index contributed by atoms with van der Waals surface area (Å²) in [6, 6.07) is 12.5. The summed E-state index contributed by atoms with van der Waals surface area (Å²) in [6.07, 6.45) is -1.17. The van der Waals surface area contributed by atoms with Crippen LogP contribution >= 0.6 is 0 Å². The third-order valence-electron chi connectivity index (χ3n) is 4.54. The van der Waals surface area contributed by atoms with E-state index in [0.717, 1.165) is 27.6 Å². The number of aromatic nitrogens is 3. The van der Waals surface area contributed by atoms with Gasteiger partial charge in [-0.25, -0.2) is 0 Å². The molecule has 29 heavy (non-hydrogen) atoms. The molecule has 2 aromatic carbocycles. The molecule has 0 atom stereocenters. The van der Waals surface area contributed by atoms with Gasteiger partial charge in [0, 0.05) is 42.1 Å². The van der Waals surface area contributed by atoms with E-state index in [1.807, 2.05) is 38.4 Å². The zero-order valence-electron chi connectivity index (χ0n) is 15.6. The van der Waals surface area contributed by atoms with Crippen molar-refractivity contribution < 1.29 is 17.9 Å². The van der Waals surface area contributed by atoms with E-state index in [-0.39, 0.29) is 11.3 Å². The monoisotopic (exact) mass is 399 g/mol. The van der Waals surface area contributed by atoms with E-state index in [2.05, 4.69) is 9.84 Å².